The fourth-order valence-corrected chi connectivity index (χ4v) is 13.8. The Bertz CT molecular complexity index is 2560. The summed E-state index contributed by atoms with van der Waals surface area (Å²) in [6.07, 6.45) is -7.96. The van der Waals surface area contributed by atoms with Crippen molar-refractivity contribution in [1.29, 1.82) is 0 Å². The zero-order valence-corrected chi connectivity index (χ0v) is 43.6. The predicted octanol–water partition coefficient (Wildman–Crippen LogP) is 9.02. The van der Waals surface area contributed by atoms with Gasteiger partial charge in [-0.1, -0.05) is 5.56 Å². The number of hydrogen-bond donors (Lipinski definition) is 0. The van der Waals surface area contributed by atoms with Gasteiger partial charge in [-0.15, -0.1) is 0 Å². The SMILES string of the molecule is CC(=O)O[C@@H]1[C@H](O[C@@H]2O[C@H](COS(=O)(=O)c3ccc(C)cc3)[C@@H](OC(C)=O)[C@H](O[Si](C)(C)C(C)(C)C)[C@H]2Sc2ccccc2)[C@@H]([Se]c2ccccc2)[C@H](Oc2ccc3ccccc3c2)O[C@@H]1C. The minimum atomic E-state index is -4.32. The van der Waals surface area contributed by atoms with E-state index in [1.165, 1.54) is 37.7 Å². The molecule has 0 aliphatic carbocycles. The summed E-state index contributed by atoms with van der Waals surface area (Å²) in [5.41, 5.74) is 0.878. The van der Waals surface area contributed by atoms with Crippen LogP contribution in [0.2, 0.25) is 22.9 Å². The second kappa shape index (κ2) is 21.7. The summed E-state index contributed by atoms with van der Waals surface area (Å²) in [6, 6.07) is 39.8. The van der Waals surface area contributed by atoms with E-state index in [-0.39, 0.29) is 9.93 Å². The number of fused-ring (bicyclic) bond motifs is 1. The molecular weight excluding hydrogens is 976 g/mol. The van der Waals surface area contributed by atoms with Crippen molar-refractivity contribution in [2.24, 2.45) is 0 Å². The first kappa shape index (κ1) is 50.8. The topological polar surface area (TPSA) is 142 Å². The van der Waals surface area contributed by atoms with Gasteiger partial charge in [0.05, 0.1) is 0 Å². The molecule has 10 atom stereocenters. The molecule has 0 amide bonds. The molecule has 0 radical (unpaired) electrons. The molecule has 2 aliphatic rings. The zero-order chi connectivity index (χ0) is 48.1. The number of ether oxygens (including phenoxy) is 6. The molecule has 16 heteroatoms. The molecule has 0 aromatic heterocycles. The van der Waals surface area contributed by atoms with Gasteiger partial charge in [0, 0.05) is 0 Å². The third kappa shape index (κ3) is 12.8. The maximum absolute atomic E-state index is 13.8. The monoisotopic (exact) mass is 1040 g/mol. The molecule has 5 aromatic carbocycles. The first-order chi connectivity index (χ1) is 31.8. The number of esters is 2. The summed E-state index contributed by atoms with van der Waals surface area (Å²) in [4.78, 5) is 26.4. The van der Waals surface area contributed by atoms with E-state index in [0.717, 1.165) is 25.7 Å². The van der Waals surface area contributed by atoms with Crippen LogP contribution >= 0.6 is 11.8 Å². The molecule has 2 aliphatic heterocycles. The van der Waals surface area contributed by atoms with Gasteiger partial charge >= 0.3 is 396 Å². The molecule has 5 aromatic rings. The van der Waals surface area contributed by atoms with Gasteiger partial charge in [-0.25, -0.2) is 0 Å². The summed E-state index contributed by atoms with van der Waals surface area (Å²) in [5.74, 6) is -0.561. The Morgan fingerprint density at radius 3 is 1.99 bits per heavy atom. The van der Waals surface area contributed by atoms with Gasteiger partial charge in [-0.2, -0.15) is 0 Å². The molecule has 7 rings (SSSR count). The summed E-state index contributed by atoms with van der Waals surface area (Å²) in [5, 5.41) is 0.991. The van der Waals surface area contributed by atoms with E-state index in [1.807, 2.05) is 117 Å². The fourth-order valence-electron chi connectivity index (χ4n) is 7.71. The molecule has 67 heavy (non-hydrogen) atoms. The van der Waals surface area contributed by atoms with Crippen molar-refractivity contribution < 1.29 is 55.0 Å². The van der Waals surface area contributed by atoms with Gasteiger partial charge in [0.25, 0.3) is 0 Å². The van der Waals surface area contributed by atoms with E-state index in [4.69, 9.17) is 37.0 Å². The second-order valence-corrected chi connectivity index (χ2v) is 28.6. The van der Waals surface area contributed by atoms with Crippen LogP contribution in [0.15, 0.2) is 137 Å². The molecule has 2 saturated heterocycles. The normalized spacial score (nSPS) is 25.9. The number of benzene rings is 5. The van der Waals surface area contributed by atoms with E-state index < -0.39 is 111 Å². The Morgan fingerprint density at radius 1 is 0.731 bits per heavy atom. The molecule has 358 valence electrons. The van der Waals surface area contributed by atoms with Gasteiger partial charge in [0.2, 0.25) is 0 Å². The number of rotatable bonds is 16. The van der Waals surface area contributed by atoms with E-state index in [2.05, 4.69) is 33.9 Å². The molecule has 0 N–H and O–H groups in total. The van der Waals surface area contributed by atoms with Crippen LogP contribution in [0, 0.1) is 6.92 Å². The molecule has 0 saturated carbocycles. The van der Waals surface area contributed by atoms with Crippen molar-refractivity contribution in [3.8, 4) is 5.75 Å². The molecular formula is C51H60O12S2SeSi. The molecule has 12 nitrogen and oxygen atoms in total. The van der Waals surface area contributed by atoms with Gasteiger partial charge in [0.1, 0.15) is 0 Å². The van der Waals surface area contributed by atoms with E-state index in [1.54, 1.807) is 12.1 Å². The van der Waals surface area contributed by atoms with Crippen molar-refractivity contribution in [3.05, 3.63) is 133 Å². The first-order valence-electron chi connectivity index (χ1n) is 22.3. The van der Waals surface area contributed by atoms with E-state index in [0.29, 0.717) is 5.75 Å². The van der Waals surface area contributed by atoms with Crippen LogP contribution in [0.25, 0.3) is 10.8 Å². The second-order valence-electron chi connectivity index (χ2n) is 18.3. The van der Waals surface area contributed by atoms with Gasteiger partial charge in [-0.05, 0) is 6.92 Å². The Labute approximate surface area is 406 Å². The molecule has 2 heterocycles. The van der Waals surface area contributed by atoms with Crippen molar-refractivity contribution in [1.82, 2.24) is 0 Å². The Morgan fingerprint density at radius 2 is 1.34 bits per heavy atom. The van der Waals surface area contributed by atoms with Gasteiger partial charge in [0.15, 0.2) is 0 Å². The number of aryl methyl sites for hydroxylation is 1. The Balaban J connectivity index is 1.36. The quantitative estimate of drug-likeness (QED) is 0.0528. The fraction of sp³-hybridized carbons (Fsp3) is 0.412. The zero-order valence-electron chi connectivity index (χ0n) is 39.2. The van der Waals surface area contributed by atoms with Crippen LogP contribution in [0.4, 0.5) is 0 Å². The standard InChI is InChI=1S/C51H60O12S2SeSi/c1-32-24-28-40(29-25-32)65(54,55)56-31-42-44(59-35(4)53)45(63-67(8,9)51(5,6)7)47(64-39-20-12-10-13-21-39)49(61-42)62-46-43(58-34(3)52)33(2)57-50(48(46)66-41-22-14-11-15-23-41)60-38-27-26-36-18-16-17-19-37(36)30-38/h10-30,33,42-50H,31H2,1-9H3/t33-,42-,43+,44-,45+,46+,47-,48-,49+,50+/m1/s1. The third-order valence-electron chi connectivity index (χ3n) is 12.2. The molecule has 2 fully saturated rings. The average molecular weight is 1040 g/mol. The number of carbonyl (C=O) groups is 2. The summed E-state index contributed by atoms with van der Waals surface area (Å²) in [6.45, 7) is 16.3. The van der Waals surface area contributed by atoms with Crippen LogP contribution < -0.4 is 9.20 Å². The van der Waals surface area contributed by atoms with Crippen LogP contribution in [0.5, 0.6) is 5.75 Å². The van der Waals surface area contributed by atoms with Gasteiger partial charge in [-0.3, -0.25) is 0 Å². The summed E-state index contributed by atoms with van der Waals surface area (Å²) < 4.78 is 81.9. The van der Waals surface area contributed by atoms with Crippen molar-refractivity contribution in [2.75, 3.05) is 6.61 Å². The predicted molar refractivity (Wildman–Crippen MR) is 262 cm³/mol. The van der Waals surface area contributed by atoms with Crippen molar-refractivity contribution >= 4 is 72.3 Å². The molecule has 0 bridgehead atoms. The van der Waals surface area contributed by atoms with Crippen molar-refractivity contribution in [2.45, 2.75) is 136 Å². The molecule has 0 spiro atoms. The third-order valence-corrected chi connectivity index (χ3v) is 22.0. The van der Waals surface area contributed by atoms with Crippen LogP contribution in [-0.2, 0) is 52.0 Å². The minimum absolute atomic E-state index is 0.0406. The van der Waals surface area contributed by atoms with Crippen LogP contribution in [-0.4, -0.2) is 105 Å². The summed E-state index contributed by atoms with van der Waals surface area (Å²) >= 11 is 1.01. The maximum atomic E-state index is 13.8. The number of thioether (sulfide) groups is 1. The van der Waals surface area contributed by atoms with Crippen molar-refractivity contribution in [3.63, 3.8) is 0 Å². The summed E-state index contributed by atoms with van der Waals surface area (Å²) in [7, 11) is -7.06. The van der Waals surface area contributed by atoms with Crippen LogP contribution in [0.3, 0.4) is 0 Å². The van der Waals surface area contributed by atoms with Crippen LogP contribution in [0.1, 0.15) is 47.1 Å². The number of hydrogen-bond acceptors (Lipinski definition) is 13. The Kier molecular flexibility index (Phi) is 16.5. The Hall–Kier alpha value is -4.06. The van der Waals surface area contributed by atoms with E-state index in [9.17, 15) is 18.0 Å². The molecule has 0 unspecified atom stereocenters. The number of carbonyl (C=O) groups excluding carboxylic acids is 2. The van der Waals surface area contributed by atoms with Gasteiger partial charge < -0.3 is 0 Å². The van der Waals surface area contributed by atoms with E-state index >= 15 is 0 Å². The first-order valence-corrected chi connectivity index (χ1v) is 29.4. The average Bonchev–Trinajstić information content (AvgIpc) is 3.27.